The van der Waals surface area contributed by atoms with Crippen LogP contribution in [0.1, 0.15) is 115 Å². The van der Waals surface area contributed by atoms with E-state index in [2.05, 4.69) is 6.92 Å². The summed E-state index contributed by atoms with van der Waals surface area (Å²) in [5, 5.41) is 9.88. The lowest BCUT2D eigenvalue weighted by atomic mass is 10.0. The zero-order valence-electron chi connectivity index (χ0n) is 20.6. The third-order valence-corrected chi connectivity index (χ3v) is 5.84. The molecule has 0 radical (unpaired) electrons. The number of hydrogen-bond acceptors (Lipinski definition) is 4. The Labute approximate surface area is 197 Å². The van der Waals surface area contributed by atoms with Gasteiger partial charge in [0.1, 0.15) is 12.7 Å². The van der Waals surface area contributed by atoms with Crippen molar-refractivity contribution in [1.82, 2.24) is 0 Å². The number of aliphatic hydroxyl groups excluding tert-OH is 1. The fourth-order valence-corrected chi connectivity index (χ4v) is 3.84. The molecule has 0 aromatic heterocycles. The van der Waals surface area contributed by atoms with Gasteiger partial charge in [0, 0.05) is 6.42 Å². The highest BCUT2D eigenvalue weighted by Gasteiger charge is 2.09. The maximum Gasteiger partial charge on any atom is 0.305 e. The van der Waals surface area contributed by atoms with Crippen molar-refractivity contribution in [2.45, 2.75) is 122 Å². The lowest BCUT2D eigenvalue weighted by molar-refractivity contribution is -0.148. The first-order chi connectivity index (χ1) is 15.7. The van der Waals surface area contributed by atoms with Crippen molar-refractivity contribution < 1.29 is 19.4 Å². The van der Waals surface area contributed by atoms with Gasteiger partial charge in [-0.15, -0.1) is 0 Å². The molecule has 1 rings (SSSR count). The minimum Gasteiger partial charge on any atom is -0.463 e. The Morgan fingerprint density at radius 1 is 0.750 bits per heavy atom. The highest BCUT2D eigenvalue weighted by Crippen LogP contribution is 2.14. The molecule has 0 aliphatic heterocycles. The molecular weight excluding hydrogens is 400 g/mol. The van der Waals surface area contributed by atoms with Gasteiger partial charge in [-0.1, -0.05) is 127 Å². The molecule has 0 fully saturated rings. The van der Waals surface area contributed by atoms with Gasteiger partial charge in [-0.05, 0) is 12.0 Å². The third kappa shape index (κ3) is 18.2. The Morgan fingerprint density at radius 3 is 1.78 bits per heavy atom. The van der Waals surface area contributed by atoms with E-state index in [1.54, 1.807) is 0 Å². The standard InChI is InChI=1S/C28H48O4/c1-2-3-4-5-6-7-8-9-10-11-12-13-14-15-19-22-28(30)32-25-27(29)24-31-23-26-20-17-16-18-21-26/h16-18,20-21,27,29H,2-15,19,22-25H2,1H3. The van der Waals surface area contributed by atoms with Gasteiger partial charge in [0.25, 0.3) is 0 Å². The summed E-state index contributed by atoms with van der Waals surface area (Å²) in [5.74, 6) is -0.221. The topological polar surface area (TPSA) is 55.8 Å². The minimum atomic E-state index is -0.774. The normalized spacial score (nSPS) is 12.1. The predicted molar refractivity (Wildman–Crippen MR) is 133 cm³/mol. The van der Waals surface area contributed by atoms with Gasteiger partial charge >= 0.3 is 5.97 Å². The van der Waals surface area contributed by atoms with Crippen molar-refractivity contribution >= 4 is 5.97 Å². The summed E-state index contributed by atoms with van der Waals surface area (Å²) >= 11 is 0. The van der Waals surface area contributed by atoms with Crippen molar-refractivity contribution in [2.24, 2.45) is 0 Å². The molecule has 1 unspecified atom stereocenters. The number of carbonyl (C=O) groups excluding carboxylic acids is 1. The zero-order valence-corrected chi connectivity index (χ0v) is 20.6. The molecule has 1 atom stereocenters. The number of unbranched alkanes of at least 4 members (excludes halogenated alkanes) is 14. The van der Waals surface area contributed by atoms with Gasteiger partial charge in [-0.2, -0.15) is 0 Å². The fourth-order valence-electron chi connectivity index (χ4n) is 3.84. The Hall–Kier alpha value is -1.39. The van der Waals surface area contributed by atoms with Crippen LogP contribution in [-0.2, 0) is 20.9 Å². The fraction of sp³-hybridized carbons (Fsp3) is 0.750. The smallest absolute Gasteiger partial charge is 0.305 e. The summed E-state index contributed by atoms with van der Waals surface area (Å²) in [7, 11) is 0. The van der Waals surface area contributed by atoms with E-state index in [0.29, 0.717) is 13.0 Å². The molecule has 0 bridgehead atoms. The quantitative estimate of drug-likeness (QED) is 0.149. The number of carbonyl (C=O) groups is 1. The van der Waals surface area contributed by atoms with Gasteiger partial charge < -0.3 is 14.6 Å². The zero-order chi connectivity index (χ0) is 23.1. The van der Waals surface area contributed by atoms with Gasteiger partial charge in [0.2, 0.25) is 0 Å². The molecule has 0 aliphatic carbocycles. The third-order valence-electron chi connectivity index (χ3n) is 5.84. The first-order valence-corrected chi connectivity index (χ1v) is 13.2. The summed E-state index contributed by atoms with van der Waals surface area (Å²) in [6.45, 7) is 2.89. The van der Waals surface area contributed by atoms with E-state index in [4.69, 9.17) is 9.47 Å². The van der Waals surface area contributed by atoms with Crippen LogP contribution >= 0.6 is 0 Å². The van der Waals surface area contributed by atoms with E-state index in [0.717, 1.165) is 18.4 Å². The summed E-state index contributed by atoms with van der Waals surface area (Å²) in [6.07, 6.45) is 19.3. The van der Waals surface area contributed by atoms with Crippen LogP contribution < -0.4 is 0 Å². The first-order valence-electron chi connectivity index (χ1n) is 13.2. The second-order valence-electron chi connectivity index (χ2n) is 9.04. The van der Waals surface area contributed by atoms with Crippen molar-refractivity contribution in [1.29, 1.82) is 0 Å². The van der Waals surface area contributed by atoms with Crippen LogP contribution in [0.25, 0.3) is 0 Å². The molecule has 32 heavy (non-hydrogen) atoms. The molecule has 0 heterocycles. The summed E-state index contributed by atoms with van der Waals surface area (Å²) in [5.41, 5.74) is 1.06. The van der Waals surface area contributed by atoms with Crippen LogP contribution in [0.4, 0.5) is 0 Å². The summed E-state index contributed by atoms with van der Waals surface area (Å²) in [6, 6.07) is 9.81. The monoisotopic (exact) mass is 448 g/mol. The Bertz CT molecular complexity index is 531. The molecule has 1 aromatic rings. The van der Waals surface area contributed by atoms with E-state index in [-0.39, 0.29) is 19.2 Å². The van der Waals surface area contributed by atoms with E-state index in [9.17, 15) is 9.90 Å². The van der Waals surface area contributed by atoms with Crippen LogP contribution in [0.2, 0.25) is 0 Å². The molecular formula is C28H48O4. The SMILES string of the molecule is CCCCCCCCCCCCCCCCCC(=O)OCC(O)COCc1ccccc1. The second kappa shape index (κ2) is 21.5. The van der Waals surface area contributed by atoms with Gasteiger partial charge in [0.05, 0.1) is 13.2 Å². The lowest BCUT2D eigenvalue weighted by Crippen LogP contribution is -2.23. The van der Waals surface area contributed by atoms with Crippen LogP contribution in [-0.4, -0.2) is 30.4 Å². The van der Waals surface area contributed by atoms with Crippen molar-refractivity contribution in [3.05, 3.63) is 35.9 Å². The first kappa shape index (κ1) is 28.6. The molecule has 1 aromatic carbocycles. The van der Waals surface area contributed by atoms with Crippen molar-refractivity contribution in [3.63, 3.8) is 0 Å². The minimum absolute atomic E-state index is 0.00631. The number of ether oxygens (including phenoxy) is 2. The Kier molecular flexibility index (Phi) is 19.2. The molecule has 0 saturated carbocycles. The molecule has 184 valence electrons. The van der Waals surface area contributed by atoms with Crippen molar-refractivity contribution in [2.75, 3.05) is 13.2 Å². The molecule has 4 nitrogen and oxygen atoms in total. The number of aliphatic hydroxyl groups is 1. The highest BCUT2D eigenvalue weighted by atomic mass is 16.5. The van der Waals surface area contributed by atoms with E-state index >= 15 is 0 Å². The molecule has 0 saturated heterocycles. The molecule has 0 aliphatic rings. The van der Waals surface area contributed by atoms with Crippen LogP contribution in [0.3, 0.4) is 0 Å². The maximum atomic E-state index is 11.8. The number of rotatable bonds is 22. The average molecular weight is 449 g/mol. The largest absolute Gasteiger partial charge is 0.463 e. The van der Waals surface area contributed by atoms with E-state index < -0.39 is 6.10 Å². The number of benzene rings is 1. The lowest BCUT2D eigenvalue weighted by Gasteiger charge is -2.12. The van der Waals surface area contributed by atoms with Crippen molar-refractivity contribution in [3.8, 4) is 0 Å². The van der Waals surface area contributed by atoms with Crippen LogP contribution in [0, 0.1) is 0 Å². The molecule has 0 spiro atoms. The van der Waals surface area contributed by atoms with Gasteiger partial charge in [-0.25, -0.2) is 0 Å². The number of esters is 1. The summed E-state index contributed by atoms with van der Waals surface area (Å²) < 4.78 is 10.6. The molecule has 4 heteroatoms. The number of hydrogen-bond donors (Lipinski definition) is 1. The van der Waals surface area contributed by atoms with Gasteiger partial charge in [0.15, 0.2) is 0 Å². The average Bonchev–Trinajstić information content (AvgIpc) is 2.81. The molecule has 0 amide bonds. The second-order valence-corrected chi connectivity index (χ2v) is 9.04. The Balaban J connectivity index is 1.80. The molecule has 1 N–H and O–H groups in total. The van der Waals surface area contributed by atoms with Gasteiger partial charge in [-0.3, -0.25) is 4.79 Å². The van der Waals surface area contributed by atoms with Crippen LogP contribution in [0.15, 0.2) is 30.3 Å². The Morgan fingerprint density at radius 2 is 1.25 bits per heavy atom. The predicted octanol–water partition coefficient (Wildman–Crippen LogP) is 7.37. The van der Waals surface area contributed by atoms with E-state index in [1.807, 2.05) is 30.3 Å². The van der Waals surface area contributed by atoms with E-state index in [1.165, 1.54) is 83.5 Å². The van der Waals surface area contributed by atoms with Crippen LogP contribution in [0.5, 0.6) is 0 Å². The maximum absolute atomic E-state index is 11.8. The highest BCUT2D eigenvalue weighted by molar-refractivity contribution is 5.69. The summed E-state index contributed by atoms with van der Waals surface area (Å²) in [4.78, 5) is 11.8.